The predicted octanol–water partition coefficient (Wildman–Crippen LogP) is 4.77. The number of carbonyl (C=O) groups excluding carboxylic acids is 2. The molecule has 0 spiro atoms. The number of urea groups is 1. The Morgan fingerprint density at radius 2 is 1.83 bits per heavy atom. The molecule has 2 N–H and O–H groups in total. The summed E-state index contributed by atoms with van der Waals surface area (Å²) in [4.78, 5) is 38.5. The van der Waals surface area contributed by atoms with Gasteiger partial charge >= 0.3 is 12.0 Å². The average Bonchev–Trinajstić information content (AvgIpc) is 2.80. The van der Waals surface area contributed by atoms with Crippen LogP contribution in [0, 0.1) is 29.4 Å². The third-order valence-corrected chi connectivity index (χ3v) is 6.12. The van der Waals surface area contributed by atoms with Gasteiger partial charge in [0.25, 0.3) is 5.91 Å². The summed E-state index contributed by atoms with van der Waals surface area (Å²) in [6.45, 7) is 5.90. The highest BCUT2D eigenvalue weighted by atomic mass is 32.2. The Kier molecular flexibility index (Phi) is 10.7. The van der Waals surface area contributed by atoms with E-state index in [4.69, 9.17) is 0 Å². The van der Waals surface area contributed by atoms with Crippen molar-refractivity contribution in [2.45, 2.75) is 33.2 Å². The average molecular weight is 503 g/mol. The molecular formula is C26H28F2N2O4S. The second kappa shape index (κ2) is 13.5. The van der Waals surface area contributed by atoms with Crippen LogP contribution < -0.4 is 5.32 Å². The normalized spacial score (nSPS) is 11.4. The molecule has 0 saturated carbocycles. The fourth-order valence-corrected chi connectivity index (χ4v) is 4.03. The molecule has 6 nitrogen and oxygen atoms in total. The molecule has 0 aliphatic carbocycles. The molecule has 9 heteroatoms. The van der Waals surface area contributed by atoms with Gasteiger partial charge in [0.05, 0.1) is 5.56 Å². The van der Waals surface area contributed by atoms with Gasteiger partial charge in [-0.25, -0.2) is 18.4 Å². The van der Waals surface area contributed by atoms with Gasteiger partial charge in [-0.1, -0.05) is 38.7 Å². The van der Waals surface area contributed by atoms with Crippen LogP contribution in [0.4, 0.5) is 13.6 Å². The smallest absolute Gasteiger partial charge is 0.327 e. The van der Waals surface area contributed by atoms with E-state index in [2.05, 4.69) is 17.2 Å². The fraction of sp³-hybridized carbons (Fsp3) is 0.346. The zero-order valence-corrected chi connectivity index (χ0v) is 20.6. The van der Waals surface area contributed by atoms with Crippen LogP contribution in [0.15, 0.2) is 42.5 Å². The summed E-state index contributed by atoms with van der Waals surface area (Å²) in [5.74, 6) is 3.34. The van der Waals surface area contributed by atoms with E-state index in [9.17, 15) is 28.3 Å². The highest BCUT2D eigenvalue weighted by Gasteiger charge is 2.27. The number of benzene rings is 2. The minimum absolute atomic E-state index is 0.00478. The summed E-state index contributed by atoms with van der Waals surface area (Å²) < 4.78 is 26.9. The Bertz CT molecular complexity index is 1130. The maximum Gasteiger partial charge on any atom is 0.327 e. The third kappa shape index (κ3) is 8.72. The van der Waals surface area contributed by atoms with Gasteiger partial charge in [-0.05, 0) is 48.4 Å². The van der Waals surface area contributed by atoms with Crippen molar-refractivity contribution < 1.29 is 28.3 Å². The number of rotatable bonds is 9. The van der Waals surface area contributed by atoms with E-state index in [1.54, 1.807) is 19.1 Å². The Labute approximate surface area is 208 Å². The number of nitrogens with zero attached hydrogens (tertiary/aromatic N) is 1. The van der Waals surface area contributed by atoms with Crippen molar-refractivity contribution in [1.29, 1.82) is 0 Å². The largest absolute Gasteiger partial charge is 0.480 e. The van der Waals surface area contributed by atoms with E-state index in [0.29, 0.717) is 17.9 Å². The van der Waals surface area contributed by atoms with Crippen molar-refractivity contribution in [3.8, 4) is 11.8 Å². The third-order valence-electron chi connectivity index (χ3n) is 4.65. The first kappa shape index (κ1) is 27.9. The van der Waals surface area contributed by atoms with Crippen molar-refractivity contribution in [1.82, 2.24) is 10.2 Å². The molecule has 0 unspecified atom stereocenters. The quantitative estimate of drug-likeness (QED) is 0.483. The van der Waals surface area contributed by atoms with E-state index in [-0.39, 0.29) is 23.4 Å². The molecule has 0 saturated heterocycles. The molecule has 2 aromatic rings. The summed E-state index contributed by atoms with van der Waals surface area (Å²) in [6.07, 6.45) is 0.475. The molecule has 2 rings (SSSR count). The van der Waals surface area contributed by atoms with Crippen LogP contribution in [-0.4, -0.2) is 52.0 Å². The molecule has 0 radical (unpaired) electrons. The van der Waals surface area contributed by atoms with Gasteiger partial charge in [-0.15, -0.1) is 0 Å². The molecule has 0 bridgehead atoms. The summed E-state index contributed by atoms with van der Waals surface area (Å²) in [5.41, 5.74) is 0.566. The molecule has 0 aliphatic heterocycles. The number of hydrogen-bond acceptors (Lipinski definition) is 4. The number of amides is 3. The molecular weight excluding hydrogens is 474 g/mol. The minimum Gasteiger partial charge on any atom is -0.480 e. The number of thioether (sulfide) groups is 1. The number of halogens is 2. The van der Waals surface area contributed by atoms with E-state index in [1.807, 2.05) is 13.8 Å². The van der Waals surface area contributed by atoms with Gasteiger partial charge in [-0.2, -0.15) is 11.8 Å². The van der Waals surface area contributed by atoms with E-state index >= 15 is 0 Å². The maximum absolute atomic E-state index is 13.8. The van der Waals surface area contributed by atoms with Crippen molar-refractivity contribution in [2.24, 2.45) is 5.92 Å². The first-order chi connectivity index (χ1) is 16.6. The molecule has 0 aliphatic rings. The molecule has 186 valence electrons. The van der Waals surface area contributed by atoms with Crippen LogP contribution in [0.5, 0.6) is 0 Å². The van der Waals surface area contributed by atoms with Crippen molar-refractivity contribution in [3.05, 3.63) is 70.8 Å². The number of imide groups is 1. The lowest BCUT2D eigenvalue weighted by Gasteiger charge is -2.23. The lowest BCUT2D eigenvalue weighted by molar-refractivity contribution is -0.138. The lowest BCUT2D eigenvalue weighted by Crippen LogP contribution is -2.51. The molecule has 0 aromatic heterocycles. The van der Waals surface area contributed by atoms with Crippen LogP contribution in [-0.2, 0) is 4.79 Å². The molecule has 35 heavy (non-hydrogen) atoms. The van der Waals surface area contributed by atoms with Gasteiger partial charge in [-0.3, -0.25) is 9.69 Å². The second-order valence-corrected chi connectivity index (χ2v) is 9.26. The lowest BCUT2D eigenvalue weighted by atomic mass is 10.1. The number of hydrogen-bond donors (Lipinski definition) is 2. The second-order valence-electron chi connectivity index (χ2n) is 8.18. The zero-order chi connectivity index (χ0) is 26.0. The highest BCUT2D eigenvalue weighted by molar-refractivity contribution is 7.99. The Balaban J connectivity index is 2.20. The predicted molar refractivity (Wildman–Crippen MR) is 132 cm³/mol. The molecule has 2 aromatic carbocycles. The summed E-state index contributed by atoms with van der Waals surface area (Å²) in [5, 5.41) is 11.9. The molecule has 0 heterocycles. The van der Waals surface area contributed by atoms with Gasteiger partial charge in [0.2, 0.25) is 0 Å². The number of carboxylic acid groups (broad SMARTS) is 1. The first-order valence-electron chi connectivity index (χ1n) is 11.1. The van der Waals surface area contributed by atoms with Gasteiger partial charge in [0, 0.05) is 29.5 Å². The number of carboxylic acids is 1. The van der Waals surface area contributed by atoms with Crippen LogP contribution in [0.25, 0.3) is 0 Å². The van der Waals surface area contributed by atoms with Crippen LogP contribution in [0.3, 0.4) is 0 Å². The molecule has 3 amide bonds. The molecule has 1 atom stereocenters. The monoisotopic (exact) mass is 502 g/mol. The number of carbonyl (C=O) groups is 3. The van der Waals surface area contributed by atoms with E-state index in [0.717, 1.165) is 22.8 Å². The van der Waals surface area contributed by atoms with Crippen molar-refractivity contribution >= 4 is 29.7 Å². The topological polar surface area (TPSA) is 86.7 Å². The van der Waals surface area contributed by atoms with E-state index < -0.39 is 35.6 Å². The Morgan fingerprint density at radius 3 is 2.46 bits per heavy atom. The Morgan fingerprint density at radius 1 is 1.09 bits per heavy atom. The number of nitrogens with one attached hydrogen (secondary N) is 1. The summed E-state index contributed by atoms with van der Waals surface area (Å²) >= 11 is 1.42. The highest BCUT2D eigenvalue weighted by Crippen LogP contribution is 2.13. The van der Waals surface area contributed by atoms with Crippen LogP contribution >= 0.6 is 11.8 Å². The van der Waals surface area contributed by atoms with Crippen LogP contribution in [0.1, 0.15) is 48.7 Å². The van der Waals surface area contributed by atoms with Gasteiger partial charge in [0.1, 0.15) is 17.7 Å². The van der Waals surface area contributed by atoms with Gasteiger partial charge in [0.15, 0.2) is 0 Å². The maximum atomic E-state index is 13.8. The fourth-order valence-electron chi connectivity index (χ4n) is 2.96. The van der Waals surface area contributed by atoms with E-state index in [1.165, 1.54) is 30.0 Å². The van der Waals surface area contributed by atoms with Gasteiger partial charge < -0.3 is 10.4 Å². The SMILES string of the molecule is CCCN(C(=O)N[C@@H](CSCC(C)C)C(=O)O)C(=O)c1cccc(C#Cc2ccc(F)cc2F)c1. The van der Waals surface area contributed by atoms with Crippen LogP contribution in [0.2, 0.25) is 0 Å². The minimum atomic E-state index is -1.18. The zero-order valence-electron chi connectivity index (χ0n) is 19.8. The van der Waals surface area contributed by atoms with Crippen molar-refractivity contribution in [2.75, 3.05) is 18.1 Å². The summed E-state index contributed by atoms with van der Waals surface area (Å²) in [6, 6.07) is 7.27. The van der Waals surface area contributed by atoms with Crippen molar-refractivity contribution in [3.63, 3.8) is 0 Å². The molecule has 0 fully saturated rings. The summed E-state index contributed by atoms with van der Waals surface area (Å²) in [7, 11) is 0. The standard InChI is InChI=1S/C26H28F2N2O4S/c1-4-12-30(26(34)29-23(25(32)33)16-35-15-17(2)3)24(31)20-7-5-6-18(13-20)8-9-19-10-11-21(27)14-22(19)28/h5-7,10-11,13-14,17,23H,4,12,15-16H2,1-3H3,(H,29,34)(H,32,33)/t23-/m0/s1. The Hall–Kier alpha value is -3.38. The first-order valence-corrected chi connectivity index (χ1v) is 12.3. The number of aliphatic carboxylic acids is 1.